The van der Waals surface area contributed by atoms with Crippen molar-refractivity contribution in [2.45, 2.75) is 18.6 Å². The summed E-state index contributed by atoms with van der Waals surface area (Å²) in [5, 5.41) is 0. The molecule has 0 spiro atoms. The molecule has 1 aromatic rings. The van der Waals surface area contributed by atoms with Crippen LogP contribution in [-0.4, -0.2) is 51.1 Å². The lowest BCUT2D eigenvalue weighted by Crippen LogP contribution is -2.57. The van der Waals surface area contributed by atoms with Gasteiger partial charge >= 0.3 is 5.97 Å². The Labute approximate surface area is 145 Å². The molecule has 1 aromatic carbocycles. The second kappa shape index (κ2) is 6.33. The van der Waals surface area contributed by atoms with Crippen LogP contribution < -0.4 is 9.64 Å². The van der Waals surface area contributed by atoms with Gasteiger partial charge in [0, 0.05) is 12.8 Å². The summed E-state index contributed by atoms with van der Waals surface area (Å²) in [5.74, 6) is -1.69. The highest BCUT2D eigenvalue weighted by molar-refractivity contribution is 6.50. The van der Waals surface area contributed by atoms with E-state index in [0.29, 0.717) is 17.9 Å². The zero-order valence-corrected chi connectivity index (χ0v) is 14.2. The first-order valence-electron chi connectivity index (χ1n) is 7.82. The summed E-state index contributed by atoms with van der Waals surface area (Å²) in [5.41, 5.74) is -1.19. The quantitative estimate of drug-likeness (QED) is 0.352. The third-order valence-electron chi connectivity index (χ3n) is 4.87. The van der Waals surface area contributed by atoms with Crippen molar-refractivity contribution in [1.82, 2.24) is 0 Å². The minimum atomic E-state index is -1.70. The summed E-state index contributed by atoms with van der Waals surface area (Å²) in [6, 6.07) is 6.04. The number of hydrogen-bond acceptors (Lipinski definition) is 6. The molecule has 0 saturated carbocycles. The molecule has 1 amide bonds. The van der Waals surface area contributed by atoms with Crippen LogP contribution in [0.4, 0.5) is 5.69 Å². The number of benzene rings is 1. The van der Waals surface area contributed by atoms with Crippen LogP contribution in [0.5, 0.6) is 5.75 Å². The van der Waals surface area contributed by atoms with Crippen molar-refractivity contribution < 1.29 is 28.6 Å². The van der Waals surface area contributed by atoms with Crippen molar-refractivity contribution in [2.75, 3.05) is 26.2 Å². The number of methoxy groups -OCH3 is 3. The lowest BCUT2D eigenvalue weighted by atomic mass is 9.70. The van der Waals surface area contributed by atoms with Gasteiger partial charge in [0.1, 0.15) is 11.9 Å². The summed E-state index contributed by atoms with van der Waals surface area (Å²) in [7, 11) is 4.14. The van der Waals surface area contributed by atoms with Crippen molar-refractivity contribution in [3.8, 4) is 5.75 Å². The Morgan fingerprint density at radius 3 is 2.40 bits per heavy atom. The summed E-state index contributed by atoms with van der Waals surface area (Å²) >= 11 is 0. The van der Waals surface area contributed by atoms with E-state index in [1.165, 1.54) is 26.2 Å². The van der Waals surface area contributed by atoms with E-state index in [0.717, 1.165) is 0 Å². The maximum Gasteiger partial charge on any atom is 0.325 e. The van der Waals surface area contributed by atoms with Crippen molar-refractivity contribution in [2.24, 2.45) is 5.41 Å². The minimum absolute atomic E-state index is 0.346. The van der Waals surface area contributed by atoms with Gasteiger partial charge in [-0.2, -0.15) is 0 Å². The van der Waals surface area contributed by atoms with Gasteiger partial charge in [-0.25, -0.2) is 0 Å². The number of nitrogens with zero attached hydrogens (tertiary/aromatic N) is 1. The Morgan fingerprint density at radius 1 is 1.16 bits per heavy atom. The molecular formula is C18H19NO6. The van der Waals surface area contributed by atoms with Crippen LogP contribution in [0.2, 0.25) is 0 Å². The number of ether oxygens (including phenoxy) is 3. The van der Waals surface area contributed by atoms with E-state index in [-0.39, 0.29) is 0 Å². The predicted octanol–water partition coefficient (Wildman–Crippen LogP) is 1.11. The average Bonchev–Trinajstić information content (AvgIpc) is 2.89. The van der Waals surface area contributed by atoms with Crippen LogP contribution in [0.1, 0.15) is 6.42 Å². The van der Waals surface area contributed by atoms with Gasteiger partial charge in [-0.05, 0) is 30.7 Å². The van der Waals surface area contributed by atoms with Crippen molar-refractivity contribution in [3.05, 3.63) is 36.4 Å². The van der Waals surface area contributed by atoms with Gasteiger partial charge < -0.3 is 19.1 Å². The van der Waals surface area contributed by atoms with Gasteiger partial charge in [0.15, 0.2) is 5.41 Å². The first-order valence-corrected chi connectivity index (χ1v) is 7.82. The highest BCUT2D eigenvalue weighted by atomic mass is 16.5. The monoisotopic (exact) mass is 345 g/mol. The number of esters is 1. The zero-order chi connectivity index (χ0) is 18.2. The first-order chi connectivity index (χ1) is 12.0. The summed E-state index contributed by atoms with van der Waals surface area (Å²) in [6.45, 7) is 0. The van der Waals surface area contributed by atoms with E-state index in [1.807, 2.05) is 6.08 Å². The first kappa shape index (κ1) is 17.2. The smallest absolute Gasteiger partial charge is 0.325 e. The number of amides is 1. The van der Waals surface area contributed by atoms with Gasteiger partial charge in [0.05, 0.1) is 20.3 Å². The standard InChI is InChI=1S/C18H19NO6/c1-23-12-9-7-11(8-10-12)19-13-5-4-6-14(24-2)18(13,17(22)25-3)15(20)16(19)21/h4,6-10,13-14H,5H2,1-3H3/t13-,14+,18+/m1/s1. The molecule has 3 atom stereocenters. The fourth-order valence-corrected chi connectivity index (χ4v) is 3.69. The molecule has 25 heavy (non-hydrogen) atoms. The minimum Gasteiger partial charge on any atom is -0.497 e. The molecule has 3 rings (SSSR count). The van der Waals surface area contributed by atoms with Crippen LogP contribution in [0, 0.1) is 5.41 Å². The second-order valence-electron chi connectivity index (χ2n) is 5.90. The van der Waals surface area contributed by atoms with Crippen molar-refractivity contribution in [3.63, 3.8) is 0 Å². The molecule has 7 heteroatoms. The molecule has 1 aliphatic carbocycles. The topological polar surface area (TPSA) is 82.1 Å². The largest absolute Gasteiger partial charge is 0.497 e. The molecule has 1 aliphatic heterocycles. The third-order valence-corrected chi connectivity index (χ3v) is 4.87. The van der Waals surface area contributed by atoms with Crippen LogP contribution in [0.25, 0.3) is 0 Å². The van der Waals surface area contributed by atoms with Crippen LogP contribution in [0.15, 0.2) is 36.4 Å². The molecule has 0 aromatic heterocycles. The van der Waals surface area contributed by atoms with Gasteiger partial charge in [-0.1, -0.05) is 12.2 Å². The second-order valence-corrected chi connectivity index (χ2v) is 5.90. The molecule has 0 radical (unpaired) electrons. The molecule has 0 unspecified atom stereocenters. The molecule has 0 N–H and O–H groups in total. The van der Waals surface area contributed by atoms with Gasteiger partial charge in [-0.15, -0.1) is 0 Å². The third kappa shape index (κ3) is 2.26. The molecular weight excluding hydrogens is 326 g/mol. The molecule has 1 heterocycles. The Morgan fingerprint density at radius 2 is 1.84 bits per heavy atom. The number of anilines is 1. The van der Waals surface area contributed by atoms with E-state index in [1.54, 1.807) is 30.3 Å². The number of carbonyl (C=O) groups excluding carboxylic acids is 3. The van der Waals surface area contributed by atoms with Gasteiger partial charge in [-0.3, -0.25) is 14.4 Å². The van der Waals surface area contributed by atoms with Crippen LogP contribution in [-0.2, 0) is 23.9 Å². The normalized spacial score (nSPS) is 28.0. The molecule has 132 valence electrons. The van der Waals surface area contributed by atoms with E-state index in [4.69, 9.17) is 14.2 Å². The summed E-state index contributed by atoms with van der Waals surface area (Å²) in [6.07, 6.45) is 2.93. The number of fused-ring (bicyclic) bond motifs is 1. The summed E-state index contributed by atoms with van der Waals surface area (Å²) in [4.78, 5) is 39.6. The number of Topliss-reactive ketones (excluding diaryl/α,β-unsaturated/α-hetero) is 1. The molecule has 1 saturated heterocycles. The van der Waals surface area contributed by atoms with Crippen LogP contribution in [0.3, 0.4) is 0 Å². The number of rotatable bonds is 4. The Balaban J connectivity index is 2.14. The van der Waals surface area contributed by atoms with Crippen LogP contribution >= 0.6 is 0 Å². The number of ketones is 1. The summed E-state index contributed by atoms with van der Waals surface area (Å²) < 4.78 is 15.4. The van der Waals surface area contributed by atoms with E-state index in [2.05, 4.69) is 0 Å². The fourth-order valence-electron chi connectivity index (χ4n) is 3.69. The molecule has 2 aliphatic rings. The lowest BCUT2D eigenvalue weighted by molar-refractivity contribution is -0.166. The predicted molar refractivity (Wildman–Crippen MR) is 88.3 cm³/mol. The molecule has 1 fully saturated rings. The SMILES string of the molecule is COC(=O)[C@@]12C(=O)C(=O)N(c3ccc(OC)cc3)[C@@H]1CC=C[C@@H]2OC. The lowest BCUT2D eigenvalue weighted by Gasteiger charge is -2.39. The number of hydrogen-bond donors (Lipinski definition) is 0. The van der Waals surface area contributed by atoms with Gasteiger partial charge in [0.2, 0.25) is 5.78 Å². The fraction of sp³-hybridized carbons (Fsp3) is 0.389. The Bertz CT molecular complexity index is 740. The van der Waals surface area contributed by atoms with Crippen molar-refractivity contribution in [1.29, 1.82) is 0 Å². The molecule has 0 bridgehead atoms. The zero-order valence-electron chi connectivity index (χ0n) is 14.2. The maximum atomic E-state index is 12.9. The van der Waals surface area contributed by atoms with E-state index < -0.39 is 35.2 Å². The number of carbonyl (C=O) groups is 3. The van der Waals surface area contributed by atoms with E-state index in [9.17, 15) is 14.4 Å². The highest BCUT2D eigenvalue weighted by Crippen LogP contribution is 2.47. The highest BCUT2D eigenvalue weighted by Gasteiger charge is 2.69. The van der Waals surface area contributed by atoms with E-state index >= 15 is 0 Å². The maximum absolute atomic E-state index is 12.9. The molecule has 7 nitrogen and oxygen atoms in total. The Kier molecular flexibility index (Phi) is 4.34. The average molecular weight is 345 g/mol. The van der Waals surface area contributed by atoms with Gasteiger partial charge in [0.25, 0.3) is 5.91 Å². The van der Waals surface area contributed by atoms with Crippen molar-refractivity contribution >= 4 is 23.3 Å². The Hall–Kier alpha value is -2.67.